The number of fused-ring (bicyclic) bond motifs is 1. The van der Waals surface area contributed by atoms with Gasteiger partial charge in [0, 0.05) is 10.9 Å². The number of benzene rings is 1. The minimum absolute atomic E-state index is 0.0288. The van der Waals surface area contributed by atoms with E-state index in [1.54, 1.807) is 7.11 Å². The van der Waals surface area contributed by atoms with Gasteiger partial charge in [0.1, 0.15) is 5.75 Å². The molecule has 0 radical (unpaired) electrons. The van der Waals surface area contributed by atoms with Crippen molar-refractivity contribution < 1.29 is 9.84 Å². The van der Waals surface area contributed by atoms with Crippen LogP contribution >= 0.6 is 11.3 Å². The Kier molecular flexibility index (Phi) is 2.31. The molecule has 0 aliphatic carbocycles. The van der Waals surface area contributed by atoms with Gasteiger partial charge in [0.25, 0.3) is 0 Å². The highest BCUT2D eigenvalue weighted by molar-refractivity contribution is 7.23. The summed E-state index contributed by atoms with van der Waals surface area (Å²) < 4.78 is 6.21. The first-order valence-corrected chi connectivity index (χ1v) is 5.04. The highest BCUT2D eigenvalue weighted by atomic mass is 32.1. The average Bonchev–Trinajstić information content (AvgIpc) is 2.52. The number of hydrogen-bond acceptors (Lipinski definition) is 4. The summed E-state index contributed by atoms with van der Waals surface area (Å²) in [4.78, 5) is 0. The topological polar surface area (TPSA) is 55.5 Å². The first kappa shape index (κ1) is 9.30. The lowest BCUT2D eigenvalue weighted by molar-refractivity contribution is 0.284. The molecule has 3 N–H and O–H groups in total. The van der Waals surface area contributed by atoms with E-state index in [4.69, 9.17) is 15.6 Å². The summed E-state index contributed by atoms with van der Waals surface area (Å²) in [6.45, 7) is -0.0288. The Morgan fingerprint density at radius 2 is 2.29 bits per heavy atom. The number of nitrogens with two attached hydrogens (primary N) is 1. The summed E-state index contributed by atoms with van der Waals surface area (Å²) in [5.74, 6) is 0.805. The third kappa shape index (κ3) is 1.23. The van der Waals surface area contributed by atoms with Gasteiger partial charge in [-0.3, -0.25) is 0 Å². The quantitative estimate of drug-likeness (QED) is 0.795. The summed E-state index contributed by atoms with van der Waals surface area (Å²) in [6.07, 6.45) is 0. The number of methoxy groups -OCH3 is 1. The van der Waals surface area contributed by atoms with E-state index < -0.39 is 0 Å². The Labute approximate surface area is 85.7 Å². The number of ether oxygens (including phenoxy) is 1. The lowest BCUT2D eigenvalue weighted by atomic mass is 10.1. The molecule has 0 aliphatic rings. The van der Waals surface area contributed by atoms with Gasteiger partial charge in [0.2, 0.25) is 0 Å². The van der Waals surface area contributed by atoms with Crippen molar-refractivity contribution >= 4 is 26.4 Å². The van der Waals surface area contributed by atoms with Gasteiger partial charge >= 0.3 is 0 Å². The zero-order valence-electron chi connectivity index (χ0n) is 7.78. The molecule has 2 aromatic rings. The van der Waals surface area contributed by atoms with Gasteiger partial charge in [-0.05, 0) is 6.07 Å². The van der Waals surface area contributed by atoms with Gasteiger partial charge in [-0.15, -0.1) is 11.3 Å². The summed E-state index contributed by atoms with van der Waals surface area (Å²) in [5.41, 5.74) is 6.59. The van der Waals surface area contributed by atoms with Gasteiger partial charge in [-0.1, -0.05) is 12.1 Å². The molecule has 1 aromatic heterocycles. The fourth-order valence-corrected chi connectivity index (χ4v) is 2.56. The number of hydrogen-bond donors (Lipinski definition) is 2. The molecule has 1 aromatic carbocycles. The normalized spacial score (nSPS) is 10.7. The van der Waals surface area contributed by atoms with Crippen LogP contribution in [0.15, 0.2) is 18.2 Å². The van der Waals surface area contributed by atoms with E-state index in [2.05, 4.69) is 0 Å². The molecule has 3 nitrogen and oxygen atoms in total. The van der Waals surface area contributed by atoms with Crippen LogP contribution in [0.25, 0.3) is 10.1 Å². The molecule has 4 heteroatoms. The molecule has 0 saturated heterocycles. The summed E-state index contributed by atoms with van der Waals surface area (Å²) in [5, 5.41) is 10.8. The van der Waals surface area contributed by atoms with E-state index in [1.807, 2.05) is 18.2 Å². The van der Waals surface area contributed by atoms with Crippen molar-refractivity contribution in [2.24, 2.45) is 0 Å². The molecule has 0 bridgehead atoms. The van der Waals surface area contributed by atoms with Crippen molar-refractivity contribution in [3.8, 4) is 5.75 Å². The van der Waals surface area contributed by atoms with Gasteiger partial charge in [0.05, 0.1) is 23.4 Å². The monoisotopic (exact) mass is 209 g/mol. The Hall–Kier alpha value is -1.26. The fraction of sp³-hybridized carbons (Fsp3) is 0.200. The van der Waals surface area contributed by atoms with Crippen molar-refractivity contribution in [2.45, 2.75) is 6.61 Å². The molecule has 14 heavy (non-hydrogen) atoms. The van der Waals surface area contributed by atoms with Crippen LogP contribution in [0.1, 0.15) is 5.56 Å². The van der Waals surface area contributed by atoms with Gasteiger partial charge in [0.15, 0.2) is 0 Å². The predicted octanol–water partition coefficient (Wildman–Crippen LogP) is 1.98. The summed E-state index contributed by atoms with van der Waals surface area (Å²) in [7, 11) is 1.63. The number of aliphatic hydroxyl groups excluding tert-OH is 1. The molecule has 2 rings (SSSR count). The molecule has 0 spiro atoms. The van der Waals surface area contributed by atoms with E-state index in [0.717, 1.165) is 21.4 Å². The standard InChI is InChI=1S/C10H11NO2S/c1-13-8-4-2-3-6-7(5-12)10(11)14-9(6)8/h2-4,12H,5,11H2,1H3. The first-order valence-electron chi connectivity index (χ1n) is 4.22. The molecule has 0 unspecified atom stereocenters. The third-order valence-electron chi connectivity index (χ3n) is 2.19. The van der Waals surface area contributed by atoms with E-state index in [1.165, 1.54) is 11.3 Å². The molecular formula is C10H11NO2S. The van der Waals surface area contributed by atoms with Crippen LogP contribution in [-0.2, 0) is 6.61 Å². The lowest BCUT2D eigenvalue weighted by Crippen LogP contribution is -1.87. The Morgan fingerprint density at radius 3 is 2.93 bits per heavy atom. The number of thiophene rings is 1. The zero-order valence-corrected chi connectivity index (χ0v) is 8.60. The van der Waals surface area contributed by atoms with Crippen molar-refractivity contribution in [2.75, 3.05) is 12.8 Å². The van der Waals surface area contributed by atoms with Crippen molar-refractivity contribution in [1.82, 2.24) is 0 Å². The summed E-state index contributed by atoms with van der Waals surface area (Å²) >= 11 is 1.45. The minimum atomic E-state index is -0.0288. The number of nitrogen functional groups attached to an aromatic ring is 1. The maximum absolute atomic E-state index is 9.15. The van der Waals surface area contributed by atoms with Crippen LogP contribution in [0.2, 0.25) is 0 Å². The Bertz CT molecular complexity index is 464. The van der Waals surface area contributed by atoms with Crippen LogP contribution in [0.5, 0.6) is 5.75 Å². The molecule has 0 amide bonds. The van der Waals surface area contributed by atoms with E-state index in [0.29, 0.717) is 5.00 Å². The van der Waals surface area contributed by atoms with Crippen LogP contribution in [0, 0.1) is 0 Å². The Balaban J connectivity index is 2.79. The first-order chi connectivity index (χ1) is 6.77. The van der Waals surface area contributed by atoms with Crippen LogP contribution < -0.4 is 10.5 Å². The van der Waals surface area contributed by atoms with Crippen molar-refractivity contribution in [3.63, 3.8) is 0 Å². The second-order valence-corrected chi connectivity index (χ2v) is 3.99. The minimum Gasteiger partial charge on any atom is -0.495 e. The fourth-order valence-electron chi connectivity index (χ4n) is 1.49. The van der Waals surface area contributed by atoms with Crippen LogP contribution in [-0.4, -0.2) is 12.2 Å². The Morgan fingerprint density at radius 1 is 1.50 bits per heavy atom. The summed E-state index contributed by atoms with van der Waals surface area (Å²) in [6, 6.07) is 5.72. The number of rotatable bonds is 2. The highest BCUT2D eigenvalue weighted by Crippen LogP contribution is 2.38. The number of aliphatic hydroxyl groups is 1. The molecule has 74 valence electrons. The maximum atomic E-state index is 9.15. The molecular weight excluding hydrogens is 198 g/mol. The van der Waals surface area contributed by atoms with E-state index in [9.17, 15) is 0 Å². The van der Waals surface area contributed by atoms with Gasteiger partial charge in [-0.2, -0.15) is 0 Å². The largest absolute Gasteiger partial charge is 0.495 e. The van der Waals surface area contributed by atoms with Crippen molar-refractivity contribution in [3.05, 3.63) is 23.8 Å². The van der Waals surface area contributed by atoms with Crippen LogP contribution in [0.4, 0.5) is 5.00 Å². The van der Waals surface area contributed by atoms with E-state index >= 15 is 0 Å². The van der Waals surface area contributed by atoms with Gasteiger partial charge < -0.3 is 15.6 Å². The second-order valence-electron chi connectivity index (χ2n) is 2.94. The maximum Gasteiger partial charge on any atom is 0.136 e. The predicted molar refractivity (Wildman–Crippen MR) is 58.7 cm³/mol. The molecule has 0 saturated carbocycles. The second kappa shape index (κ2) is 3.48. The molecule has 1 heterocycles. The molecule has 0 atom stereocenters. The van der Waals surface area contributed by atoms with E-state index in [-0.39, 0.29) is 6.61 Å². The zero-order chi connectivity index (χ0) is 10.1. The number of anilines is 1. The smallest absolute Gasteiger partial charge is 0.136 e. The van der Waals surface area contributed by atoms with Gasteiger partial charge in [-0.25, -0.2) is 0 Å². The SMILES string of the molecule is COc1cccc2c(CO)c(N)sc12. The third-order valence-corrected chi connectivity index (χ3v) is 3.28. The lowest BCUT2D eigenvalue weighted by Gasteiger charge is -2.00. The molecule has 0 fully saturated rings. The highest BCUT2D eigenvalue weighted by Gasteiger charge is 2.11. The van der Waals surface area contributed by atoms with Crippen molar-refractivity contribution in [1.29, 1.82) is 0 Å². The van der Waals surface area contributed by atoms with Crippen LogP contribution in [0.3, 0.4) is 0 Å². The average molecular weight is 209 g/mol. The molecule has 0 aliphatic heterocycles.